The van der Waals surface area contributed by atoms with Gasteiger partial charge in [0.25, 0.3) is 5.91 Å². The smallest absolute Gasteiger partial charge is 0.255 e. The number of likely N-dealkylation sites (tertiary alicyclic amines) is 1. The van der Waals surface area contributed by atoms with Gasteiger partial charge in [0.2, 0.25) is 0 Å². The quantitative estimate of drug-likeness (QED) is 0.535. The molecule has 5 nitrogen and oxygen atoms in total. The molecular formula is C24H27N3O2S. The van der Waals surface area contributed by atoms with Crippen LogP contribution >= 0.6 is 11.3 Å². The highest BCUT2D eigenvalue weighted by Gasteiger charge is 2.24. The highest BCUT2D eigenvalue weighted by Crippen LogP contribution is 2.30. The van der Waals surface area contributed by atoms with Gasteiger partial charge >= 0.3 is 0 Å². The Hall–Kier alpha value is -2.67. The monoisotopic (exact) mass is 421 g/mol. The first-order chi connectivity index (χ1) is 14.6. The Morgan fingerprint density at radius 2 is 2.07 bits per heavy atom. The zero-order valence-electron chi connectivity index (χ0n) is 17.1. The van der Waals surface area contributed by atoms with Gasteiger partial charge in [0.1, 0.15) is 0 Å². The average Bonchev–Trinajstić information content (AvgIpc) is 3.43. The Kier molecular flexibility index (Phi) is 6.47. The maximum Gasteiger partial charge on any atom is 0.255 e. The molecule has 2 aromatic carbocycles. The summed E-state index contributed by atoms with van der Waals surface area (Å²) in [5, 5.41) is 4.99. The number of benzene rings is 2. The second kappa shape index (κ2) is 9.43. The van der Waals surface area contributed by atoms with E-state index in [4.69, 9.17) is 10.5 Å². The molecule has 1 aromatic heterocycles. The first-order valence-electron chi connectivity index (χ1n) is 10.2. The van der Waals surface area contributed by atoms with Crippen LogP contribution in [0.3, 0.4) is 0 Å². The summed E-state index contributed by atoms with van der Waals surface area (Å²) in [4.78, 5) is 16.4. The summed E-state index contributed by atoms with van der Waals surface area (Å²) in [6.45, 7) is 2.74. The van der Waals surface area contributed by atoms with Gasteiger partial charge in [-0.1, -0.05) is 24.3 Å². The average molecular weight is 422 g/mol. The molecule has 2 heterocycles. The second-order valence-electron chi connectivity index (χ2n) is 7.65. The van der Waals surface area contributed by atoms with Crippen molar-refractivity contribution in [2.75, 3.05) is 31.3 Å². The molecule has 0 saturated carbocycles. The van der Waals surface area contributed by atoms with Gasteiger partial charge in [0.15, 0.2) is 0 Å². The molecule has 1 saturated heterocycles. The third-order valence-corrected chi connectivity index (χ3v) is 6.49. The van der Waals surface area contributed by atoms with E-state index >= 15 is 0 Å². The van der Waals surface area contributed by atoms with Gasteiger partial charge in [0.05, 0.1) is 18.0 Å². The van der Waals surface area contributed by atoms with E-state index in [1.165, 1.54) is 18.4 Å². The van der Waals surface area contributed by atoms with Crippen molar-refractivity contribution in [3.63, 3.8) is 0 Å². The van der Waals surface area contributed by atoms with Crippen molar-refractivity contribution in [1.82, 2.24) is 4.90 Å². The lowest BCUT2D eigenvalue weighted by atomic mass is 10.1. The number of nitrogens with zero attached hydrogens (tertiary/aromatic N) is 1. The van der Waals surface area contributed by atoms with Crippen molar-refractivity contribution in [3.8, 4) is 10.4 Å². The number of anilines is 2. The minimum atomic E-state index is -0.157. The van der Waals surface area contributed by atoms with Crippen LogP contribution in [0, 0.1) is 0 Å². The summed E-state index contributed by atoms with van der Waals surface area (Å²) in [6.07, 6.45) is 2.39. The maximum absolute atomic E-state index is 12.8. The van der Waals surface area contributed by atoms with Gasteiger partial charge in [-0.3, -0.25) is 9.69 Å². The van der Waals surface area contributed by atoms with Crippen LogP contribution in [0.5, 0.6) is 0 Å². The molecule has 0 spiro atoms. The summed E-state index contributed by atoms with van der Waals surface area (Å²) in [6, 6.07) is 18.1. The largest absolute Gasteiger partial charge is 0.397 e. The highest BCUT2D eigenvalue weighted by molar-refractivity contribution is 7.13. The van der Waals surface area contributed by atoms with E-state index in [1.54, 1.807) is 18.4 Å². The number of thiophene rings is 1. The molecule has 0 radical (unpaired) electrons. The van der Waals surface area contributed by atoms with Crippen molar-refractivity contribution in [2.45, 2.75) is 25.4 Å². The number of methoxy groups -OCH3 is 1. The van der Waals surface area contributed by atoms with Gasteiger partial charge in [-0.2, -0.15) is 0 Å². The van der Waals surface area contributed by atoms with E-state index in [-0.39, 0.29) is 5.91 Å². The summed E-state index contributed by atoms with van der Waals surface area (Å²) < 4.78 is 5.34. The van der Waals surface area contributed by atoms with Crippen molar-refractivity contribution in [2.24, 2.45) is 0 Å². The van der Waals surface area contributed by atoms with Crippen LogP contribution in [0.2, 0.25) is 0 Å². The van der Waals surface area contributed by atoms with Crippen molar-refractivity contribution >= 4 is 28.6 Å². The Morgan fingerprint density at radius 1 is 1.23 bits per heavy atom. The maximum atomic E-state index is 12.8. The van der Waals surface area contributed by atoms with E-state index in [9.17, 15) is 4.79 Å². The fraction of sp³-hybridized carbons (Fsp3) is 0.292. The van der Waals surface area contributed by atoms with E-state index in [0.29, 0.717) is 23.0 Å². The molecule has 0 aliphatic carbocycles. The van der Waals surface area contributed by atoms with Crippen LogP contribution in [0.15, 0.2) is 60.0 Å². The van der Waals surface area contributed by atoms with Gasteiger partial charge in [-0.05, 0) is 66.2 Å². The van der Waals surface area contributed by atoms with Crippen LogP contribution in [-0.2, 0) is 11.3 Å². The fourth-order valence-corrected chi connectivity index (χ4v) is 4.66. The van der Waals surface area contributed by atoms with Crippen LogP contribution in [-0.4, -0.2) is 37.1 Å². The molecule has 1 aliphatic heterocycles. The predicted octanol–water partition coefficient (Wildman–Crippen LogP) is 4.86. The second-order valence-corrected chi connectivity index (χ2v) is 8.60. The minimum Gasteiger partial charge on any atom is -0.397 e. The molecule has 1 atom stereocenters. The fourth-order valence-electron chi connectivity index (χ4n) is 3.94. The molecule has 3 aromatic rings. The SMILES string of the molecule is COCC1CCCN1Cc1ccc(C(=O)Nc2cc(-c3cccs3)ccc2N)cc1. The van der Waals surface area contributed by atoms with Crippen LogP contribution in [0.4, 0.5) is 11.4 Å². The van der Waals surface area contributed by atoms with Crippen molar-refractivity contribution in [1.29, 1.82) is 0 Å². The Balaban J connectivity index is 1.42. The third-order valence-electron chi connectivity index (χ3n) is 5.57. The summed E-state index contributed by atoms with van der Waals surface area (Å²) in [5.41, 5.74) is 10.1. The number of nitrogens with one attached hydrogen (secondary N) is 1. The molecule has 1 fully saturated rings. The minimum absolute atomic E-state index is 0.157. The molecule has 3 N–H and O–H groups in total. The lowest BCUT2D eigenvalue weighted by Gasteiger charge is -2.23. The van der Waals surface area contributed by atoms with Crippen LogP contribution in [0.1, 0.15) is 28.8 Å². The number of carbonyl (C=O) groups is 1. The number of amides is 1. The molecular weight excluding hydrogens is 394 g/mol. The number of carbonyl (C=O) groups excluding carboxylic acids is 1. The molecule has 1 unspecified atom stereocenters. The summed E-state index contributed by atoms with van der Waals surface area (Å²) in [7, 11) is 1.76. The van der Waals surface area contributed by atoms with Crippen molar-refractivity contribution in [3.05, 3.63) is 71.1 Å². The molecule has 1 aliphatic rings. The van der Waals surface area contributed by atoms with E-state index in [1.807, 2.05) is 53.9 Å². The number of nitrogens with two attached hydrogens (primary N) is 1. The third kappa shape index (κ3) is 4.73. The Labute approximate surface area is 181 Å². The van der Waals surface area contributed by atoms with E-state index < -0.39 is 0 Å². The predicted molar refractivity (Wildman–Crippen MR) is 124 cm³/mol. The molecule has 1 amide bonds. The molecule has 30 heavy (non-hydrogen) atoms. The number of rotatable bonds is 7. The first kappa shape index (κ1) is 20.6. The normalized spacial score (nSPS) is 16.6. The van der Waals surface area contributed by atoms with E-state index in [2.05, 4.69) is 16.3 Å². The van der Waals surface area contributed by atoms with Gasteiger partial charge in [-0.25, -0.2) is 0 Å². The number of nitrogen functional groups attached to an aromatic ring is 1. The molecule has 6 heteroatoms. The lowest BCUT2D eigenvalue weighted by molar-refractivity contribution is 0.102. The number of ether oxygens (including phenoxy) is 1. The zero-order valence-corrected chi connectivity index (χ0v) is 18.0. The zero-order chi connectivity index (χ0) is 20.9. The van der Waals surface area contributed by atoms with Crippen LogP contribution < -0.4 is 11.1 Å². The molecule has 0 bridgehead atoms. The van der Waals surface area contributed by atoms with E-state index in [0.717, 1.165) is 30.1 Å². The van der Waals surface area contributed by atoms with Gasteiger partial charge in [-0.15, -0.1) is 11.3 Å². The van der Waals surface area contributed by atoms with Crippen molar-refractivity contribution < 1.29 is 9.53 Å². The number of hydrogen-bond donors (Lipinski definition) is 2. The summed E-state index contributed by atoms with van der Waals surface area (Å²) >= 11 is 1.66. The summed E-state index contributed by atoms with van der Waals surface area (Å²) in [5.74, 6) is -0.157. The topological polar surface area (TPSA) is 67.6 Å². The van der Waals surface area contributed by atoms with Crippen LogP contribution in [0.25, 0.3) is 10.4 Å². The highest BCUT2D eigenvalue weighted by atomic mass is 32.1. The number of hydrogen-bond acceptors (Lipinski definition) is 5. The molecule has 4 rings (SSSR count). The Morgan fingerprint density at radius 3 is 2.80 bits per heavy atom. The standard InChI is InChI=1S/C24H27N3O2S/c1-29-16-20-4-2-12-27(20)15-17-6-8-18(9-7-17)24(28)26-22-14-19(10-11-21(22)25)23-5-3-13-30-23/h3,5-11,13-14,20H,2,4,12,15-16,25H2,1H3,(H,26,28). The van der Waals surface area contributed by atoms with Gasteiger partial charge < -0.3 is 15.8 Å². The lowest BCUT2D eigenvalue weighted by Crippen LogP contribution is -2.32. The Bertz CT molecular complexity index is 986. The van der Waals surface area contributed by atoms with Gasteiger partial charge in [0, 0.05) is 30.1 Å². The molecule has 156 valence electrons. The first-order valence-corrected chi connectivity index (χ1v) is 11.1.